The zero-order valence-electron chi connectivity index (χ0n) is 9.89. The predicted molar refractivity (Wildman–Crippen MR) is 58.1 cm³/mol. The average molecular weight is 187 g/mol. The van der Waals surface area contributed by atoms with Crippen LogP contribution in [0.4, 0.5) is 0 Å². The quantitative estimate of drug-likeness (QED) is 0.673. The lowest BCUT2D eigenvalue weighted by Crippen LogP contribution is -2.44. The van der Waals surface area contributed by atoms with Crippen molar-refractivity contribution in [3.05, 3.63) is 0 Å². The fraction of sp³-hybridized carbons (Fsp3) is 1.00. The van der Waals surface area contributed by atoms with Gasteiger partial charge in [-0.3, -0.25) is 4.90 Å². The summed E-state index contributed by atoms with van der Waals surface area (Å²) in [6.45, 7) is 11.8. The van der Waals surface area contributed by atoms with E-state index in [1.807, 2.05) is 13.8 Å². The van der Waals surface area contributed by atoms with Crippen LogP contribution in [0.1, 0.15) is 40.5 Å². The summed E-state index contributed by atoms with van der Waals surface area (Å²) >= 11 is 0. The molecule has 13 heavy (non-hydrogen) atoms. The molecule has 0 aliphatic carbocycles. The molecular weight excluding hydrogens is 162 g/mol. The van der Waals surface area contributed by atoms with Crippen molar-refractivity contribution in [3.63, 3.8) is 0 Å². The number of nitrogens with zero attached hydrogens (tertiary/aromatic N) is 1. The maximum absolute atomic E-state index is 5.22. The van der Waals surface area contributed by atoms with Gasteiger partial charge < -0.3 is 4.74 Å². The Bertz CT molecular complexity index is 127. The normalized spacial score (nSPS) is 28.4. The minimum absolute atomic E-state index is 0.323. The Labute approximate surface area is 83.3 Å². The number of rotatable bonds is 3. The number of hydrogen-bond donors (Lipinski definition) is 0. The average Bonchev–Trinajstić information content (AvgIpc) is 2.51. The van der Waals surface area contributed by atoms with Crippen molar-refractivity contribution < 1.29 is 4.74 Å². The Kier molecular flexibility index (Phi) is 6.35. The minimum Gasteiger partial charge on any atom is -0.383 e. The molecule has 1 aliphatic heterocycles. The molecule has 1 unspecified atom stereocenters. The summed E-state index contributed by atoms with van der Waals surface area (Å²) in [6, 6.07) is 0. The van der Waals surface area contributed by atoms with Gasteiger partial charge in [0.2, 0.25) is 0 Å². The molecule has 2 nitrogen and oxygen atoms in total. The summed E-state index contributed by atoms with van der Waals surface area (Å²) in [5.74, 6) is 0. The van der Waals surface area contributed by atoms with Crippen LogP contribution in [0, 0.1) is 0 Å². The van der Waals surface area contributed by atoms with E-state index in [-0.39, 0.29) is 0 Å². The second-order valence-corrected chi connectivity index (χ2v) is 3.61. The predicted octanol–water partition coefficient (Wildman–Crippen LogP) is 2.53. The highest BCUT2D eigenvalue weighted by molar-refractivity contribution is 4.91. The molecule has 0 amide bonds. The van der Waals surface area contributed by atoms with Crippen molar-refractivity contribution in [2.24, 2.45) is 0 Å². The van der Waals surface area contributed by atoms with Crippen LogP contribution in [0.15, 0.2) is 0 Å². The van der Waals surface area contributed by atoms with Crippen molar-refractivity contribution in [2.45, 2.75) is 46.1 Å². The van der Waals surface area contributed by atoms with Gasteiger partial charge in [-0.15, -0.1) is 0 Å². The monoisotopic (exact) mass is 187 g/mol. The summed E-state index contributed by atoms with van der Waals surface area (Å²) < 4.78 is 5.22. The largest absolute Gasteiger partial charge is 0.383 e. The SMILES string of the molecule is CC.CCN1CCCC1(C)COC. The second kappa shape index (κ2) is 6.39. The summed E-state index contributed by atoms with van der Waals surface area (Å²) in [5, 5.41) is 0. The number of ether oxygens (including phenoxy) is 1. The molecule has 2 heteroatoms. The number of likely N-dealkylation sites (N-methyl/N-ethyl adjacent to an activating group) is 1. The Hall–Kier alpha value is -0.0800. The second-order valence-electron chi connectivity index (χ2n) is 3.61. The highest BCUT2D eigenvalue weighted by Crippen LogP contribution is 2.28. The van der Waals surface area contributed by atoms with Crippen LogP contribution in [0.5, 0.6) is 0 Å². The van der Waals surface area contributed by atoms with Crippen molar-refractivity contribution in [2.75, 3.05) is 26.8 Å². The Morgan fingerprint density at radius 2 is 2.00 bits per heavy atom. The fourth-order valence-electron chi connectivity index (χ4n) is 2.09. The zero-order valence-corrected chi connectivity index (χ0v) is 9.89. The first-order valence-electron chi connectivity index (χ1n) is 5.47. The van der Waals surface area contributed by atoms with Crippen molar-refractivity contribution in [3.8, 4) is 0 Å². The molecule has 1 saturated heterocycles. The molecule has 0 saturated carbocycles. The van der Waals surface area contributed by atoms with E-state index in [0.29, 0.717) is 5.54 Å². The van der Waals surface area contributed by atoms with E-state index in [9.17, 15) is 0 Å². The van der Waals surface area contributed by atoms with Crippen LogP contribution >= 0.6 is 0 Å². The van der Waals surface area contributed by atoms with Gasteiger partial charge in [0.1, 0.15) is 0 Å². The van der Waals surface area contributed by atoms with Gasteiger partial charge in [0.25, 0.3) is 0 Å². The number of hydrogen-bond acceptors (Lipinski definition) is 2. The molecule has 1 rings (SSSR count). The van der Waals surface area contributed by atoms with Crippen LogP contribution in [0.3, 0.4) is 0 Å². The summed E-state index contributed by atoms with van der Waals surface area (Å²) in [6.07, 6.45) is 2.61. The van der Waals surface area contributed by atoms with Crippen molar-refractivity contribution in [1.82, 2.24) is 4.90 Å². The first-order valence-corrected chi connectivity index (χ1v) is 5.47. The standard InChI is InChI=1S/C9H19NO.C2H6/c1-4-10-7-5-6-9(10,2)8-11-3;1-2/h4-8H2,1-3H3;1-2H3. The van der Waals surface area contributed by atoms with Gasteiger partial charge in [0, 0.05) is 12.6 Å². The van der Waals surface area contributed by atoms with Crippen LogP contribution in [-0.4, -0.2) is 37.2 Å². The molecular formula is C11H25NO. The maximum Gasteiger partial charge on any atom is 0.0643 e. The van der Waals surface area contributed by atoms with E-state index < -0.39 is 0 Å². The van der Waals surface area contributed by atoms with Gasteiger partial charge in [-0.1, -0.05) is 20.8 Å². The third kappa shape index (κ3) is 3.28. The van der Waals surface area contributed by atoms with E-state index >= 15 is 0 Å². The molecule has 0 aromatic rings. The highest BCUT2D eigenvalue weighted by Gasteiger charge is 2.34. The Morgan fingerprint density at radius 3 is 2.46 bits per heavy atom. The lowest BCUT2D eigenvalue weighted by Gasteiger charge is -2.33. The van der Waals surface area contributed by atoms with Gasteiger partial charge in [-0.25, -0.2) is 0 Å². The Morgan fingerprint density at radius 1 is 1.38 bits per heavy atom. The Balaban J connectivity index is 0.000000671. The third-order valence-electron chi connectivity index (χ3n) is 2.74. The van der Waals surface area contributed by atoms with Gasteiger partial charge in [-0.05, 0) is 32.9 Å². The molecule has 1 atom stereocenters. The molecule has 0 bridgehead atoms. The third-order valence-corrected chi connectivity index (χ3v) is 2.74. The zero-order chi connectivity index (χ0) is 10.3. The maximum atomic E-state index is 5.22. The lowest BCUT2D eigenvalue weighted by molar-refractivity contribution is 0.0537. The van der Waals surface area contributed by atoms with E-state index in [0.717, 1.165) is 13.2 Å². The fourth-order valence-corrected chi connectivity index (χ4v) is 2.09. The smallest absolute Gasteiger partial charge is 0.0643 e. The van der Waals surface area contributed by atoms with E-state index in [2.05, 4.69) is 18.7 Å². The topological polar surface area (TPSA) is 12.5 Å². The van der Waals surface area contributed by atoms with E-state index in [1.54, 1.807) is 7.11 Å². The van der Waals surface area contributed by atoms with E-state index in [1.165, 1.54) is 19.4 Å². The highest BCUT2D eigenvalue weighted by atomic mass is 16.5. The molecule has 0 spiro atoms. The first-order chi connectivity index (χ1) is 6.23. The molecule has 0 aromatic carbocycles. The molecule has 0 aromatic heterocycles. The molecule has 1 fully saturated rings. The summed E-state index contributed by atoms with van der Waals surface area (Å²) in [4.78, 5) is 2.51. The van der Waals surface area contributed by atoms with Crippen molar-refractivity contribution >= 4 is 0 Å². The van der Waals surface area contributed by atoms with Gasteiger partial charge in [0.15, 0.2) is 0 Å². The number of likely N-dealkylation sites (tertiary alicyclic amines) is 1. The van der Waals surface area contributed by atoms with Gasteiger partial charge >= 0.3 is 0 Å². The molecule has 80 valence electrons. The molecule has 1 aliphatic rings. The van der Waals surface area contributed by atoms with Crippen LogP contribution in [-0.2, 0) is 4.74 Å². The van der Waals surface area contributed by atoms with Gasteiger partial charge in [-0.2, -0.15) is 0 Å². The molecule has 0 radical (unpaired) electrons. The van der Waals surface area contributed by atoms with Gasteiger partial charge in [0.05, 0.1) is 6.61 Å². The summed E-state index contributed by atoms with van der Waals surface area (Å²) in [5.41, 5.74) is 0.323. The first kappa shape index (κ1) is 12.9. The molecule has 1 heterocycles. The van der Waals surface area contributed by atoms with Crippen LogP contribution in [0.2, 0.25) is 0 Å². The lowest BCUT2D eigenvalue weighted by atomic mass is 10.0. The van der Waals surface area contributed by atoms with E-state index in [4.69, 9.17) is 4.74 Å². The number of methoxy groups -OCH3 is 1. The van der Waals surface area contributed by atoms with Crippen LogP contribution in [0.25, 0.3) is 0 Å². The molecule has 0 N–H and O–H groups in total. The summed E-state index contributed by atoms with van der Waals surface area (Å²) in [7, 11) is 1.79. The minimum atomic E-state index is 0.323. The van der Waals surface area contributed by atoms with Crippen LogP contribution < -0.4 is 0 Å². The van der Waals surface area contributed by atoms with Crippen molar-refractivity contribution in [1.29, 1.82) is 0 Å².